The second-order valence-electron chi connectivity index (χ2n) is 6.62. The number of rotatable bonds is 5. The highest BCUT2D eigenvalue weighted by molar-refractivity contribution is 5.93. The van der Waals surface area contributed by atoms with E-state index in [4.69, 9.17) is 9.47 Å². The number of alkyl halides is 1. The largest absolute Gasteiger partial charge is 0.462 e. The molecule has 2 aromatic rings. The topological polar surface area (TPSA) is 69.7 Å². The summed E-state index contributed by atoms with van der Waals surface area (Å²) in [5.74, 6) is -2.72. The van der Waals surface area contributed by atoms with Gasteiger partial charge >= 0.3 is 11.9 Å². The lowest BCUT2D eigenvalue weighted by Crippen LogP contribution is -2.42. The van der Waals surface area contributed by atoms with E-state index in [1.54, 1.807) is 60.7 Å². The summed E-state index contributed by atoms with van der Waals surface area (Å²) in [4.78, 5) is 36.4. The van der Waals surface area contributed by atoms with Crippen molar-refractivity contribution in [1.29, 1.82) is 0 Å². The first-order chi connectivity index (χ1) is 12.9. The number of Topliss-reactive ketones (excluding diaryl/α,β-unsaturated/α-hetero) is 1. The van der Waals surface area contributed by atoms with Crippen molar-refractivity contribution in [3.63, 3.8) is 0 Å². The number of benzene rings is 2. The molecule has 0 spiro atoms. The molecule has 1 fully saturated rings. The minimum absolute atomic E-state index is 0.165. The van der Waals surface area contributed by atoms with Crippen LogP contribution in [-0.2, 0) is 14.3 Å². The van der Waals surface area contributed by atoms with Gasteiger partial charge < -0.3 is 9.47 Å². The third-order valence-corrected chi connectivity index (χ3v) is 4.64. The third kappa shape index (κ3) is 4.05. The van der Waals surface area contributed by atoms with Crippen molar-refractivity contribution in [2.24, 2.45) is 5.92 Å². The predicted octanol–water partition coefficient (Wildman–Crippen LogP) is 3.39. The maximum absolute atomic E-state index is 14.9. The number of hydrogen-bond donors (Lipinski definition) is 0. The molecule has 5 nitrogen and oxygen atoms in total. The second kappa shape index (κ2) is 7.70. The molecule has 0 amide bonds. The summed E-state index contributed by atoms with van der Waals surface area (Å²) in [5.41, 5.74) is -1.72. The van der Waals surface area contributed by atoms with Crippen LogP contribution in [0.1, 0.15) is 34.1 Å². The summed E-state index contributed by atoms with van der Waals surface area (Å²) in [6.45, 7) is 0.878. The maximum atomic E-state index is 14.9. The molecule has 2 aromatic carbocycles. The molecule has 3 rings (SSSR count). The van der Waals surface area contributed by atoms with Crippen LogP contribution in [0.25, 0.3) is 0 Å². The van der Waals surface area contributed by atoms with Crippen molar-refractivity contribution in [3.05, 3.63) is 71.8 Å². The maximum Gasteiger partial charge on any atom is 0.338 e. The SMILES string of the molecule is CC1(F)C(=O)CC(COC(=O)c2ccccc2)C1OC(=O)c1ccccc1. The zero-order chi connectivity index (χ0) is 19.4. The molecule has 27 heavy (non-hydrogen) atoms. The summed E-state index contributed by atoms with van der Waals surface area (Å²) in [7, 11) is 0. The molecule has 0 saturated heterocycles. The number of carbonyl (C=O) groups is 3. The van der Waals surface area contributed by atoms with Crippen LogP contribution >= 0.6 is 0 Å². The highest BCUT2D eigenvalue weighted by Gasteiger charge is 2.55. The van der Waals surface area contributed by atoms with Gasteiger partial charge in [0.15, 0.2) is 5.78 Å². The summed E-state index contributed by atoms with van der Waals surface area (Å²) in [6, 6.07) is 16.5. The standard InChI is InChI=1S/C21H19FO5/c1-21(22)17(23)12-16(13-26-19(24)14-8-4-2-5-9-14)18(21)27-20(25)15-10-6-3-7-11-15/h2-11,16,18H,12-13H2,1H3. The lowest BCUT2D eigenvalue weighted by Gasteiger charge is -2.26. The first-order valence-corrected chi connectivity index (χ1v) is 8.60. The highest BCUT2D eigenvalue weighted by atomic mass is 19.1. The molecule has 0 aliphatic heterocycles. The molecule has 0 aromatic heterocycles. The van der Waals surface area contributed by atoms with Gasteiger partial charge in [-0.25, -0.2) is 14.0 Å². The Kier molecular flexibility index (Phi) is 5.35. The summed E-state index contributed by atoms with van der Waals surface area (Å²) in [5, 5.41) is 0. The van der Waals surface area contributed by atoms with Gasteiger partial charge in [0.25, 0.3) is 0 Å². The average Bonchev–Trinajstić information content (AvgIpc) is 2.90. The first kappa shape index (κ1) is 18.8. The number of halogens is 1. The van der Waals surface area contributed by atoms with Gasteiger partial charge in [-0.15, -0.1) is 0 Å². The molecule has 3 unspecified atom stereocenters. The van der Waals surface area contributed by atoms with Crippen molar-refractivity contribution in [2.75, 3.05) is 6.61 Å². The minimum Gasteiger partial charge on any atom is -0.462 e. The Morgan fingerprint density at radius 3 is 2.07 bits per heavy atom. The quantitative estimate of drug-likeness (QED) is 0.755. The Bertz CT molecular complexity index is 832. The number of esters is 2. The fraction of sp³-hybridized carbons (Fsp3) is 0.286. The third-order valence-electron chi connectivity index (χ3n) is 4.64. The van der Waals surface area contributed by atoms with E-state index in [-0.39, 0.29) is 18.6 Å². The van der Waals surface area contributed by atoms with Crippen LogP contribution in [0.3, 0.4) is 0 Å². The van der Waals surface area contributed by atoms with E-state index in [2.05, 4.69) is 0 Å². The van der Waals surface area contributed by atoms with Crippen LogP contribution in [-0.4, -0.2) is 36.1 Å². The van der Waals surface area contributed by atoms with Crippen LogP contribution in [0.15, 0.2) is 60.7 Å². The van der Waals surface area contributed by atoms with Crippen molar-refractivity contribution < 1.29 is 28.2 Å². The van der Waals surface area contributed by atoms with Crippen LogP contribution in [0, 0.1) is 5.92 Å². The molecule has 1 aliphatic carbocycles. The van der Waals surface area contributed by atoms with E-state index in [9.17, 15) is 18.8 Å². The smallest absolute Gasteiger partial charge is 0.338 e. The lowest BCUT2D eigenvalue weighted by atomic mass is 9.99. The van der Waals surface area contributed by atoms with Crippen molar-refractivity contribution in [1.82, 2.24) is 0 Å². The van der Waals surface area contributed by atoms with Crippen molar-refractivity contribution in [2.45, 2.75) is 25.1 Å². The van der Waals surface area contributed by atoms with E-state index in [1.165, 1.54) is 0 Å². The zero-order valence-corrected chi connectivity index (χ0v) is 14.8. The van der Waals surface area contributed by atoms with Gasteiger partial charge in [0.1, 0.15) is 6.10 Å². The van der Waals surface area contributed by atoms with Crippen LogP contribution in [0.5, 0.6) is 0 Å². The number of ether oxygens (including phenoxy) is 2. The molecule has 0 heterocycles. The Balaban J connectivity index is 1.70. The summed E-state index contributed by atoms with van der Waals surface area (Å²) < 4.78 is 25.4. The molecule has 0 bridgehead atoms. The molecular weight excluding hydrogens is 351 g/mol. The normalized spacial score (nSPS) is 24.4. The predicted molar refractivity (Wildman–Crippen MR) is 95.0 cm³/mol. The van der Waals surface area contributed by atoms with Crippen LogP contribution in [0.2, 0.25) is 0 Å². The Morgan fingerprint density at radius 2 is 1.52 bits per heavy atom. The molecule has 0 radical (unpaired) electrons. The molecule has 1 saturated carbocycles. The van der Waals surface area contributed by atoms with E-state index in [1.807, 2.05) is 0 Å². The molecule has 0 N–H and O–H groups in total. The Hall–Kier alpha value is -3.02. The van der Waals surface area contributed by atoms with Gasteiger partial charge in [-0.3, -0.25) is 4.79 Å². The fourth-order valence-electron chi connectivity index (χ4n) is 3.10. The van der Waals surface area contributed by atoms with E-state index >= 15 is 0 Å². The molecular formula is C21H19FO5. The van der Waals surface area contributed by atoms with Crippen molar-refractivity contribution in [3.8, 4) is 0 Å². The summed E-state index contributed by atoms with van der Waals surface area (Å²) in [6.07, 6.45) is -1.48. The van der Waals surface area contributed by atoms with E-state index in [0.717, 1.165) is 6.92 Å². The second-order valence-corrected chi connectivity index (χ2v) is 6.62. The molecule has 6 heteroatoms. The average molecular weight is 370 g/mol. The van der Waals surface area contributed by atoms with Gasteiger partial charge in [0.05, 0.1) is 17.7 Å². The van der Waals surface area contributed by atoms with Gasteiger partial charge in [0.2, 0.25) is 5.67 Å². The molecule has 1 aliphatic rings. The zero-order valence-electron chi connectivity index (χ0n) is 14.8. The van der Waals surface area contributed by atoms with Gasteiger partial charge in [-0.05, 0) is 31.2 Å². The van der Waals surface area contributed by atoms with Gasteiger partial charge in [0, 0.05) is 12.3 Å². The van der Waals surface area contributed by atoms with Crippen LogP contribution in [0.4, 0.5) is 4.39 Å². The van der Waals surface area contributed by atoms with E-state index in [0.29, 0.717) is 5.56 Å². The number of hydrogen-bond acceptors (Lipinski definition) is 5. The van der Waals surface area contributed by atoms with Crippen molar-refractivity contribution >= 4 is 17.7 Å². The summed E-state index contributed by atoms with van der Waals surface area (Å²) >= 11 is 0. The monoisotopic (exact) mass is 370 g/mol. The molecule has 140 valence electrons. The Morgan fingerprint density at radius 1 is 1.00 bits per heavy atom. The van der Waals surface area contributed by atoms with E-state index < -0.39 is 35.4 Å². The number of ketones is 1. The molecule has 3 atom stereocenters. The highest BCUT2D eigenvalue weighted by Crippen LogP contribution is 2.38. The van der Waals surface area contributed by atoms with Crippen LogP contribution < -0.4 is 0 Å². The van der Waals surface area contributed by atoms with Gasteiger partial charge in [-0.2, -0.15) is 0 Å². The lowest BCUT2D eigenvalue weighted by molar-refractivity contribution is -0.130. The fourth-order valence-corrected chi connectivity index (χ4v) is 3.10. The number of carbonyl (C=O) groups excluding carboxylic acids is 3. The first-order valence-electron chi connectivity index (χ1n) is 8.60. The van der Waals surface area contributed by atoms with Gasteiger partial charge in [-0.1, -0.05) is 36.4 Å². The minimum atomic E-state index is -2.33. The Labute approximate surface area is 156 Å².